The minimum absolute atomic E-state index is 0.602. The van der Waals surface area contributed by atoms with Crippen LogP contribution in [0.2, 0.25) is 0 Å². The number of hydrogen-bond acceptors (Lipinski definition) is 4. The normalized spacial score (nSPS) is 12.2. The Morgan fingerprint density at radius 1 is 1.25 bits per heavy atom. The molecule has 1 atom stereocenters. The molecule has 94 valence electrons. The van der Waals surface area contributed by atoms with E-state index in [-0.39, 0.29) is 0 Å². The van der Waals surface area contributed by atoms with E-state index in [1.807, 2.05) is 6.92 Å². The lowest BCUT2D eigenvalue weighted by atomic mass is 9.95. The number of nitrogen functional groups attached to an aromatic ring is 1. The molecule has 0 aromatic carbocycles. The molecular formula is C12H25N3O. The first-order chi connectivity index (χ1) is 7.50. The number of aromatic nitrogens is 1. The van der Waals surface area contributed by atoms with Crippen LogP contribution < -0.4 is 11.5 Å². The summed E-state index contributed by atoms with van der Waals surface area (Å²) in [6, 6.07) is 0. The van der Waals surface area contributed by atoms with E-state index in [4.69, 9.17) is 10.3 Å². The number of nitrogens with two attached hydrogens (primary N) is 2. The Bertz CT molecular complexity index is 294. The molecule has 4 nitrogen and oxygen atoms in total. The van der Waals surface area contributed by atoms with Gasteiger partial charge in [-0.1, -0.05) is 25.9 Å². The van der Waals surface area contributed by atoms with Crippen molar-refractivity contribution < 1.29 is 4.52 Å². The molecule has 1 aromatic heterocycles. The van der Waals surface area contributed by atoms with Crippen LogP contribution in [0.15, 0.2) is 4.52 Å². The minimum Gasteiger partial charge on any atom is -0.394 e. The van der Waals surface area contributed by atoms with Crippen LogP contribution in [-0.2, 0) is 6.42 Å². The second-order valence-corrected chi connectivity index (χ2v) is 4.54. The Hall–Kier alpha value is -1.03. The zero-order valence-electron chi connectivity index (χ0n) is 11.1. The van der Waals surface area contributed by atoms with Gasteiger partial charge in [-0.15, -0.1) is 0 Å². The van der Waals surface area contributed by atoms with Gasteiger partial charge >= 0.3 is 0 Å². The highest BCUT2D eigenvalue weighted by Gasteiger charge is 2.13. The highest BCUT2D eigenvalue weighted by atomic mass is 16.5. The fraction of sp³-hybridized carbons (Fsp3) is 0.750. The molecule has 1 aromatic rings. The molecule has 0 fully saturated rings. The first-order valence-electron chi connectivity index (χ1n) is 5.79. The van der Waals surface area contributed by atoms with Crippen molar-refractivity contribution in [1.82, 2.24) is 5.16 Å². The maximum Gasteiger partial charge on any atom is 0.160 e. The highest BCUT2D eigenvalue weighted by Crippen LogP contribution is 2.22. The fourth-order valence-corrected chi connectivity index (χ4v) is 1.78. The average molecular weight is 227 g/mol. The predicted octanol–water partition coefficient (Wildman–Crippen LogP) is 2.36. The van der Waals surface area contributed by atoms with Crippen LogP contribution in [0.25, 0.3) is 0 Å². The molecule has 0 aliphatic heterocycles. The van der Waals surface area contributed by atoms with Gasteiger partial charge in [0.2, 0.25) is 0 Å². The number of rotatable bonds is 4. The van der Waals surface area contributed by atoms with E-state index in [1.54, 1.807) is 0 Å². The van der Waals surface area contributed by atoms with Crippen molar-refractivity contribution in [3.63, 3.8) is 0 Å². The molecule has 1 heterocycles. The van der Waals surface area contributed by atoms with Gasteiger partial charge in [-0.2, -0.15) is 0 Å². The molecule has 0 saturated carbocycles. The van der Waals surface area contributed by atoms with Crippen LogP contribution in [0.5, 0.6) is 0 Å². The van der Waals surface area contributed by atoms with Crippen molar-refractivity contribution in [2.24, 2.45) is 17.6 Å². The quantitative estimate of drug-likeness (QED) is 0.827. The van der Waals surface area contributed by atoms with E-state index in [0.29, 0.717) is 5.92 Å². The van der Waals surface area contributed by atoms with Crippen LogP contribution in [0.4, 0.5) is 5.69 Å². The molecule has 0 radical (unpaired) electrons. The van der Waals surface area contributed by atoms with Gasteiger partial charge in [0.25, 0.3) is 0 Å². The fourth-order valence-electron chi connectivity index (χ4n) is 1.78. The topological polar surface area (TPSA) is 78.1 Å². The van der Waals surface area contributed by atoms with E-state index in [0.717, 1.165) is 29.5 Å². The van der Waals surface area contributed by atoms with Crippen molar-refractivity contribution >= 4 is 5.69 Å². The van der Waals surface area contributed by atoms with Crippen LogP contribution in [0.1, 0.15) is 38.6 Å². The molecule has 16 heavy (non-hydrogen) atoms. The molecule has 0 amide bonds. The summed E-state index contributed by atoms with van der Waals surface area (Å²) in [5, 5.41) is 3.85. The molecule has 0 saturated heterocycles. The van der Waals surface area contributed by atoms with Gasteiger partial charge in [0.1, 0.15) is 5.69 Å². The number of hydrogen-bond donors (Lipinski definition) is 2. The van der Waals surface area contributed by atoms with Crippen LogP contribution in [0, 0.1) is 18.8 Å². The average Bonchev–Trinajstić information content (AvgIpc) is 2.52. The first-order valence-corrected chi connectivity index (χ1v) is 5.79. The van der Waals surface area contributed by atoms with Crippen molar-refractivity contribution in [2.45, 2.75) is 40.5 Å². The Morgan fingerprint density at radius 3 is 2.19 bits per heavy atom. The third-order valence-electron chi connectivity index (χ3n) is 2.39. The number of nitrogens with zero attached hydrogens (tertiary/aromatic N) is 1. The molecule has 1 rings (SSSR count). The first kappa shape index (κ1) is 15.0. The van der Waals surface area contributed by atoms with Crippen LogP contribution >= 0.6 is 0 Å². The molecule has 0 bridgehead atoms. The largest absolute Gasteiger partial charge is 0.394 e. The minimum atomic E-state index is 0.602. The summed E-state index contributed by atoms with van der Waals surface area (Å²) in [5.41, 5.74) is 11.9. The van der Waals surface area contributed by atoms with Gasteiger partial charge in [0, 0.05) is 6.42 Å². The van der Waals surface area contributed by atoms with Gasteiger partial charge in [-0.25, -0.2) is 0 Å². The standard InChI is InChI=1S/C11H20N2O.CH5N/c1-7(2)5-8(3)6-10-11(12)9(4)13-14-10;1-2/h7-8H,5-6,12H2,1-4H3;2H2,1H3. The summed E-state index contributed by atoms with van der Waals surface area (Å²) in [5.74, 6) is 2.16. The monoisotopic (exact) mass is 227 g/mol. The summed E-state index contributed by atoms with van der Waals surface area (Å²) >= 11 is 0. The van der Waals surface area contributed by atoms with Crippen LogP contribution in [0.3, 0.4) is 0 Å². The second-order valence-electron chi connectivity index (χ2n) is 4.54. The van der Waals surface area contributed by atoms with Gasteiger partial charge in [0.05, 0.1) is 5.69 Å². The zero-order valence-corrected chi connectivity index (χ0v) is 11.1. The molecule has 4 heteroatoms. The third-order valence-corrected chi connectivity index (χ3v) is 2.39. The van der Waals surface area contributed by atoms with Crippen molar-refractivity contribution in [1.29, 1.82) is 0 Å². The number of anilines is 1. The zero-order chi connectivity index (χ0) is 12.7. The summed E-state index contributed by atoms with van der Waals surface area (Å²) in [6.07, 6.45) is 2.09. The van der Waals surface area contributed by atoms with Gasteiger partial charge in [0.15, 0.2) is 5.76 Å². The summed E-state index contributed by atoms with van der Waals surface area (Å²) in [6.45, 7) is 8.55. The third kappa shape index (κ3) is 4.66. The smallest absolute Gasteiger partial charge is 0.160 e. The van der Waals surface area contributed by atoms with E-state index in [1.165, 1.54) is 13.5 Å². The molecule has 4 N–H and O–H groups in total. The van der Waals surface area contributed by atoms with Crippen molar-refractivity contribution in [3.05, 3.63) is 11.5 Å². The Morgan fingerprint density at radius 2 is 1.81 bits per heavy atom. The summed E-state index contributed by atoms with van der Waals surface area (Å²) < 4.78 is 5.17. The van der Waals surface area contributed by atoms with Crippen molar-refractivity contribution in [2.75, 3.05) is 12.8 Å². The Balaban J connectivity index is 0.00000106. The van der Waals surface area contributed by atoms with Gasteiger partial charge in [-0.05, 0) is 32.2 Å². The lowest BCUT2D eigenvalue weighted by molar-refractivity contribution is 0.344. The maximum atomic E-state index is 5.83. The van der Waals surface area contributed by atoms with E-state index >= 15 is 0 Å². The maximum absolute atomic E-state index is 5.83. The summed E-state index contributed by atoms with van der Waals surface area (Å²) in [4.78, 5) is 0. The second kappa shape index (κ2) is 7.28. The SMILES string of the molecule is CN.Cc1noc(CC(C)CC(C)C)c1N. The molecular weight excluding hydrogens is 202 g/mol. The summed E-state index contributed by atoms with van der Waals surface area (Å²) in [7, 11) is 1.50. The van der Waals surface area contributed by atoms with Crippen molar-refractivity contribution in [3.8, 4) is 0 Å². The van der Waals surface area contributed by atoms with Gasteiger partial charge < -0.3 is 16.0 Å². The molecule has 0 aliphatic carbocycles. The van der Waals surface area contributed by atoms with E-state index in [2.05, 4.69) is 31.7 Å². The molecule has 0 aliphatic rings. The van der Waals surface area contributed by atoms with Crippen LogP contribution in [-0.4, -0.2) is 12.2 Å². The lowest BCUT2D eigenvalue weighted by Crippen LogP contribution is -2.04. The lowest BCUT2D eigenvalue weighted by Gasteiger charge is -2.11. The van der Waals surface area contributed by atoms with E-state index < -0.39 is 0 Å². The Labute approximate surface area is 98.4 Å². The Kier molecular flexibility index (Phi) is 6.81. The molecule has 1 unspecified atom stereocenters. The van der Waals surface area contributed by atoms with E-state index in [9.17, 15) is 0 Å². The predicted molar refractivity (Wildman–Crippen MR) is 68.1 cm³/mol. The number of aryl methyl sites for hydroxylation is 1. The van der Waals surface area contributed by atoms with Gasteiger partial charge in [-0.3, -0.25) is 0 Å². The highest BCUT2D eigenvalue weighted by molar-refractivity contribution is 5.45. The molecule has 0 spiro atoms.